The lowest BCUT2D eigenvalue weighted by Crippen LogP contribution is -2.19. The summed E-state index contributed by atoms with van der Waals surface area (Å²) >= 11 is 0. The van der Waals surface area contributed by atoms with Crippen molar-refractivity contribution in [2.75, 3.05) is 0 Å². The minimum Gasteiger partial charge on any atom is -0.299 e. The molecule has 3 rings (SSSR count). The first kappa shape index (κ1) is 13.1. The van der Waals surface area contributed by atoms with Gasteiger partial charge in [0.15, 0.2) is 0 Å². The van der Waals surface area contributed by atoms with Crippen LogP contribution in [0.5, 0.6) is 0 Å². The fourth-order valence-electron chi connectivity index (χ4n) is 3.16. The van der Waals surface area contributed by atoms with Gasteiger partial charge in [-0.1, -0.05) is 24.3 Å². The summed E-state index contributed by atoms with van der Waals surface area (Å²) in [5, 5.41) is 4.15. The smallest absolute Gasteiger partial charge is 0.140 e. The Hall–Kier alpha value is -1.90. The van der Waals surface area contributed by atoms with Gasteiger partial charge in [-0.3, -0.25) is 9.48 Å². The molecule has 1 atom stereocenters. The number of carbonyl (C=O) groups excluding carboxylic acids is 1. The third kappa shape index (κ3) is 2.53. The molecule has 2 aromatic rings. The molecule has 0 radical (unpaired) electrons. The summed E-state index contributed by atoms with van der Waals surface area (Å²) in [5.74, 6) is 0.478. The molecule has 0 fully saturated rings. The molecule has 0 N–H and O–H groups in total. The van der Waals surface area contributed by atoms with E-state index in [1.54, 1.807) is 6.20 Å². The van der Waals surface area contributed by atoms with Crippen molar-refractivity contribution in [3.05, 3.63) is 53.3 Å². The van der Waals surface area contributed by atoms with Gasteiger partial charge in [0.05, 0.1) is 0 Å². The van der Waals surface area contributed by atoms with Crippen LogP contribution in [0.25, 0.3) is 0 Å². The van der Waals surface area contributed by atoms with E-state index in [0.29, 0.717) is 12.2 Å². The van der Waals surface area contributed by atoms with Gasteiger partial charge in [0.2, 0.25) is 0 Å². The average molecular weight is 268 g/mol. The third-order valence-electron chi connectivity index (χ3n) is 4.31. The van der Waals surface area contributed by atoms with E-state index in [4.69, 9.17) is 0 Å². The van der Waals surface area contributed by atoms with Crippen molar-refractivity contribution >= 4 is 5.78 Å². The first-order valence-corrected chi connectivity index (χ1v) is 7.33. The maximum atomic E-state index is 12.5. The Balaban J connectivity index is 1.71. The van der Waals surface area contributed by atoms with Gasteiger partial charge in [-0.05, 0) is 42.9 Å². The summed E-state index contributed by atoms with van der Waals surface area (Å²) in [6.07, 6.45) is 6.42. The Kier molecular flexibility index (Phi) is 3.68. The van der Waals surface area contributed by atoms with Crippen LogP contribution in [0.3, 0.4) is 0 Å². The Morgan fingerprint density at radius 2 is 2.20 bits per heavy atom. The molecule has 3 heteroatoms. The number of hydrogen-bond acceptors (Lipinski definition) is 2. The highest BCUT2D eigenvalue weighted by molar-refractivity contribution is 5.86. The molecule has 1 unspecified atom stereocenters. The van der Waals surface area contributed by atoms with E-state index in [1.165, 1.54) is 11.1 Å². The monoisotopic (exact) mass is 268 g/mol. The molecule has 0 saturated carbocycles. The first-order chi connectivity index (χ1) is 9.75. The van der Waals surface area contributed by atoms with Crippen LogP contribution in [0.4, 0.5) is 0 Å². The Bertz CT molecular complexity index is 615. The second-order valence-corrected chi connectivity index (χ2v) is 5.56. The van der Waals surface area contributed by atoms with E-state index in [2.05, 4.69) is 23.3 Å². The van der Waals surface area contributed by atoms with Gasteiger partial charge in [0, 0.05) is 31.3 Å². The van der Waals surface area contributed by atoms with Gasteiger partial charge in [-0.15, -0.1) is 0 Å². The molecule has 1 aliphatic rings. The van der Waals surface area contributed by atoms with E-state index in [9.17, 15) is 4.79 Å². The van der Waals surface area contributed by atoms with Crippen LogP contribution < -0.4 is 0 Å². The summed E-state index contributed by atoms with van der Waals surface area (Å²) < 4.78 is 1.85. The zero-order valence-electron chi connectivity index (χ0n) is 11.9. The van der Waals surface area contributed by atoms with Gasteiger partial charge >= 0.3 is 0 Å². The van der Waals surface area contributed by atoms with E-state index in [1.807, 2.05) is 23.9 Å². The Morgan fingerprint density at radius 1 is 1.35 bits per heavy atom. The normalized spacial score (nSPS) is 17.8. The first-order valence-electron chi connectivity index (χ1n) is 7.33. The minimum absolute atomic E-state index is 0.105. The number of fused-ring (bicyclic) bond motifs is 1. The van der Waals surface area contributed by atoms with Gasteiger partial charge in [-0.25, -0.2) is 0 Å². The molecule has 1 aromatic heterocycles. The van der Waals surface area contributed by atoms with Crippen molar-refractivity contribution in [1.82, 2.24) is 9.78 Å². The molecule has 20 heavy (non-hydrogen) atoms. The summed E-state index contributed by atoms with van der Waals surface area (Å²) in [7, 11) is 1.93. The average Bonchev–Trinajstić information content (AvgIpc) is 2.89. The van der Waals surface area contributed by atoms with Gasteiger partial charge < -0.3 is 0 Å². The van der Waals surface area contributed by atoms with Crippen LogP contribution in [-0.4, -0.2) is 15.6 Å². The second kappa shape index (κ2) is 5.61. The molecule has 0 saturated heterocycles. The summed E-state index contributed by atoms with van der Waals surface area (Å²) in [5.41, 5.74) is 3.74. The van der Waals surface area contributed by atoms with Crippen molar-refractivity contribution in [2.24, 2.45) is 7.05 Å². The number of ketones is 1. The number of benzene rings is 1. The van der Waals surface area contributed by atoms with Crippen molar-refractivity contribution in [1.29, 1.82) is 0 Å². The van der Waals surface area contributed by atoms with Gasteiger partial charge in [0.25, 0.3) is 0 Å². The highest BCUT2D eigenvalue weighted by atomic mass is 16.1. The summed E-state index contributed by atoms with van der Waals surface area (Å²) in [4.78, 5) is 12.5. The number of carbonyl (C=O) groups is 1. The molecule has 1 aliphatic carbocycles. The second-order valence-electron chi connectivity index (χ2n) is 5.56. The van der Waals surface area contributed by atoms with Crippen LogP contribution in [0.15, 0.2) is 36.5 Å². The predicted molar refractivity (Wildman–Crippen MR) is 78.7 cm³/mol. The Morgan fingerprint density at radius 3 is 3.00 bits per heavy atom. The van der Waals surface area contributed by atoms with E-state index < -0.39 is 0 Å². The maximum absolute atomic E-state index is 12.5. The maximum Gasteiger partial charge on any atom is 0.140 e. The Labute approximate surface area is 119 Å². The topological polar surface area (TPSA) is 34.9 Å². The van der Waals surface area contributed by atoms with Crippen molar-refractivity contribution in [2.45, 2.75) is 38.0 Å². The standard InChI is InChI=1S/C17H20N2O/c1-19-14(11-12-18-19)9-10-17(20)16-8-4-6-13-5-2-3-7-15(13)16/h2-3,5,7,11-12,16H,4,6,8-10H2,1H3. The molecule has 1 aromatic carbocycles. The molecule has 0 amide bonds. The number of aromatic nitrogens is 2. The fourth-order valence-corrected chi connectivity index (χ4v) is 3.16. The largest absolute Gasteiger partial charge is 0.299 e. The van der Waals surface area contributed by atoms with Crippen LogP contribution in [0.1, 0.15) is 42.0 Å². The molecule has 1 heterocycles. The molecule has 104 valence electrons. The van der Waals surface area contributed by atoms with Crippen LogP contribution in [-0.2, 0) is 24.7 Å². The number of aryl methyl sites for hydroxylation is 3. The zero-order valence-corrected chi connectivity index (χ0v) is 11.9. The molecule has 0 bridgehead atoms. The summed E-state index contributed by atoms with van der Waals surface area (Å²) in [6.45, 7) is 0. The van der Waals surface area contributed by atoms with E-state index >= 15 is 0 Å². The predicted octanol–water partition coefficient (Wildman–Crippen LogP) is 3.04. The lowest BCUT2D eigenvalue weighted by atomic mass is 9.79. The third-order valence-corrected chi connectivity index (χ3v) is 4.31. The molecular formula is C17H20N2O. The number of rotatable bonds is 4. The van der Waals surface area contributed by atoms with Crippen LogP contribution in [0, 0.1) is 0 Å². The highest BCUT2D eigenvalue weighted by Crippen LogP contribution is 2.33. The van der Waals surface area contributed by atoms with Crippen molar-refractivity contribution < 1.29 is 4.79 Å². The SMILES string of the molecule is Cn1nccc1CCC(=O)C1CCCc2ccccc21. The number of Topliss-reactive ketones (excluding diaryl/α,β-unsaturated/α-hetero) is 1. The molecule has 0 spiro atoms. The highest BCUT2D eigenvalue weighted by Gasteiger charge is 2.25. The molecule has 3 nitrogen and oxygen atoms in total. The van der Waals surface area contributed by atoms with E-state index in [0.717, 1.165) is 31.4 Å². The van der Waals surface area contributed by atoms with Crippen molar-refractivity contribution in [3.63, 3.8) is 0 Å². The van der Waals surface area contributed by atoms with E-state index in [-0.39, 0.29) is 5.92 Å². The molecular weight excluding hydrogens is 248 g/mol. The van der Waals surface area contributed by atoms with Crippen LogP contribution >= 0.6 is 0 Å². The van der Waals surface area contributed by atoms with Crippen LogP contribution in [0.2, 0.25) is 0 Å². The number of hydrogen-bond donors (Lipinski definition) is 0. The van der Waals surface area contributed by atoms with Crippen molar-refractivity contribution in [3.8, 4) is 0 Å². The number of nitrogens with zero attached hydrogens (tertiary/aromatic N) is 2. The minimum atomic E-state index is 0.105. The summed E-state index contributed by atoms with van der Waals surface area (Å²) in [6, 6.07) is 10.4. The fraction of sp³-hybridized carbons (Fsp3) is 0.412. The zero-order chi connectivity index (χ0) is 13.9. The molecule has 0 aliphatic heterocycles. The lowest BCUT2D eigenvalue weighted by molar-refractivity contribution is -0.120. The lowest BCUT2D eigenvalue weighted by Gasteiger charge is -2.24. The van der Waals surface area contributed by atoms with Gasteiger partial charge in [0.1, 0.15) is 5.78 Å². The quantitative estimate of drug-likeness (QED) is 0.854. The van der Waals surface area contributed by atoms with Gasteiger partial charge in [-0.2, -0.15) is 5.10 Å².